The number of carboxylic acids is 1. The van der Waals surface area contributed by atoms with E-state index in [0.717, 1.165) is 42.9 Å². The summed E-state index contributed by atoms with van der Waals surface area (Å²) in [5.74, 6) is -1.70. The first-order valence-electron chi connectivity index (χ1n) is 9.22. The summed E-state index contributed by atoms with van der Waals surface area (Å²) in [5, 5.41) is 7.12. The van der Waals surface area contributed by atoms with E-state index in [0.29, 0.717) is 0 Å². The van der Waals surface area contributed by atoms with Gasteiger partial charge in [-0.05, 0) is 18.1 Å². The van der Waals surface area contributed by atoms with Crippen LogP contribution in [0.5, 0.6) is 0 Å². The SMILES string of the molecule is Cn1c(CN2CCC(N)(c3ccccc3)C2)nc2ccncc21.O=C(O)C(F)(F)F. The van der Waals surface area contributed by atoms with Crippen LogP contribution in [0.2, 0.25) is 0 Å². The number of hydrogen-bond acceptors (Lipinski definition) is 5. The minimum Gasteiger partial charge on any atom is -0.475 e. The number of imidazole rings is 1. The van der Waals surface area contributed by atoms with Crippen molar-refractivity contribution in [2.45, 2.75) is 24.7 Å². The first kappa shape index (κ1) is 21.7. The fraction of sp³-hybridized carbons (Fsp3) is 0.350. The summed E-state index contributed by atoms with van der Waals surface area (Å²) in [4.78, 5) is 20.2. The fourth-order valence-electron chi connectivity index (χ4n) is 3.48. The number of halogens is 3. The average Bonchev–Trinajstić information content (AvgIpc) is 3.24. The molecule has 0 amide bonds. The van der Waals surface area contributed by atoms with Crippen molar-refractivity contribution in [3.05, 3.63) is 60.2 Å². The van der Waals surface area contributed by atoms with Crippen LogP contribution in [0, 0.1) is 0 Å². The Hall–Kier alpha value is -2.98. The summed E-state index contributed by atoms with van der Waals surface area (Å²) in [5.41, 5.74) is 9.69. The molecule has 30 heavy (non-hydrogen) atoms. The number of benzene rings is 1. The number of rotatable bonds is 3. The highest BCUT2D eigenvalue weighted by Gasteiger charge is 2.38. The number of fused-ring (bicyclic) bond motifs is 1. The number of nitrogens with two attached hydrogens (primary N) is 1. The Labute approximate surface area is 171 Å². The van der Waals surface area contributed by atoms with E-state index in [4.69, 9.17) is 20.6 Å². The zero-order valence-electron chi connectivity index (χ0n) is 16.3. The number of aromatic nitrogens is 3. The lowest BCUT2D eigenvalue weighted by atomic mass is 9.90. The second-order valence-electron chi connectivity index (χ2n) is 7.24. The molecule has 3 aromatic rings. The second kappa shape index (κ2) is 8.41. The molecule has 4 rings (SSSR count). The number of carboxylic acid groups (broad SMARTS) is 1. The van der Waals surface area contributed by atoms with Crippen LogP contribution in [0.3, 0.4) is 0 Å². The summed E-state index contributed by atoms with van der Waals surface area (Å²) in [6.45, 7) is 2.67. The molecule has 1 unspecified atom stereocenters. The molecule has 160 valence electrons. The number of aryl methyl sites for hydroxylation is 1. The number of hydrogen-bond donors (Lipinski definition) is 2. The van der Waals surface area contributed by atoms with Gasteiger partial charge in [0.25, 0.3) is 0 Å². The molecule has 3 heterocycles. The molecule has 7 nitrogen and oxygen atoms in total. The van der Waals surface area contributed by atoms with Crippen LogP contribution in [0.4, 0.5) is 13.2 Å². The number of carbonyl (C=O) groups is 1. The molecule has 2 aromatic heterocycles. The second-order valence-corrected chi connectivity index (χ2v) is 7.24. The Morgan fingerprint density at radius 2 is 1.93 bits per heavy atom. The molecular weight excluding hydrogens is 399 g/mol. The molecule has 0 aliphatic carbocycles. The van der Waals surface area contributed by atoms with Crippen LogP contribution in [-0.4, -0.2) is 49.8 Å². The first-order chi connectivity index (χ1) is 14.1. The highest BCUT2D eigenvalue weighted by atomic mass is 19.4. The number of likely N-dealkylation sites (tertiary alicyclic amines) is 1. The van der Waals surface area contributed by atoms with Gasteiger partial charge in [0.05, 0.1) is 29.3 Å². The van der Waals surface area contributed by atoms with Crippen molar-refractivity contribution < 1.29 is 23.1 Å². The monoisotopic (exact) mass is 421 g/mol. The molecule has 1 fully saturated rings. The normalized spacial score (nSPS) is 19.5. The van der Waals surface area contributed by atoms with Gasteiger partial charge in [0.2, 0.25) is 0 Å². The van der Waals surface area contributed by atoms with E-state index in [-0.39, 0.29) is 5.54 Å². The third kappa shape index (κ3) is 4.77. The molecule has 1 saturated heterocycles. The molecule has 10 heteroatoms. The summed E-state index contributed by atoms with van der Waals surface area (Å²) in [6, 6.07) is 12.4. The van der Waals surface area contributed by atoms with Crippen LogP contribution in [-0.2, 0) is 23.9 Å². The van der Waals surface area contributed by atoms with Crippen molar-refractivity contribution in [2.75, 3.05) is 13.1 Å². The lowest BCUT2D eigenvalue weighted by Crippen LogP contribution is -2.39. The maximum Gasteiger partial charge on any atom is 0.490 e. The van der Waals surface area contributed by atoms with E-state index < -0.39 is 12.1 Å². The van der Waals surface area contributed by atoms with E-state index in [9.17, 15) is 13.2 Å². The predicted octanol–water partition coefficient (Wildman–Crippen LogP) is 2.66. The van der Waals surface area contributed by atoms with E-state index in [1.54, 1.807) is 6.20 Å². The van der Waals surface area contributed by atoms with E-state index in [2.05, 4.69) is 45.8 Å². The Balaban J connectivity index is 0.000000318. The molecule has 1 aliphatic heterocycles. The Morgan fingerprint density at radius 1 is 1.27 bits per heavy atom. The van der Waals surface area contributed by atoms with Gasteiger partial charge in [0, 0.05) is 26.3 Å². The highest BCUT2D eigenvalue weighted by Crippen LogP contribution is 2.30. The van der Waals surface area contributed by atoms with Gasteiger partial charge in [0.1, 0.15) is 5.82 Å². The van der Waals surface area contributed by atoms with Crippen molar-refractivity contribution in [3.8, 4) is 0 Å². The van der Waals surface area contributed by atoms with Gasteiger partial charge in [-0.15, -0.1) is 0 Å². The quantitative estimate of drug-likeness (QED) is 0.675. The lowest BCUT2D eigenvalue weighted by Gasteiger charge is -2.25. The lowest BCUT2D eigenvalue weighted by molar-refractivity contribution is -0.192. The van der Waals surface area contributed by atoms with Crippen LogP contribution >= 0.6 is 0 Å². The molecular formula is C20H22F3N5O2. The average molecular weight is 421 g/mol. The number of pyridine rings is 1. The zero-order chi connectivity index (χ0) is 21.9. The summed E-state index contributed by atoms with van der Waals surface area (Å²) >= 11 is 0. The van der Waals surface area contributed by atoms with Gasteiger partial charge in [-0.25, -0.2) is 9.78 Å². The van der Waals surface area contributed by atoms with Crippen LogP contribution in [0.25, 0.3) is 11.0 Å². The van der Waals surface area contributed by atoms with Gasteiger partial charge in [-0.2, -0.15) is 13.2 Å². The van der Waals surface area contributed by atoms with Crippen LogP contribution in [0.15, 0.2) is 48.8 Å². The molecule has 0 spiro atoms. The minimum atomic E-state index is -5.08. The third-order valence-corrected chi connectivity index (χ3v) is 5.11. The van der Waals surface area contributed by atoms with Gasteiger partial charge in [0.15, 0.2) is 0 Å². The summed E-state index contributed by atoms with van der Waals surface area (Å²) < 4.78 is 33.9. The molecule has 0 radical (unpaired) electrons. The predicted molar refractivity (Wildman–Crippen MR) is 104 cm³/mol. The Bertz CT molecular complexity index is 1020. The number of nitrogens with zero attached hydrogens (tertiary/aromatic N) is 4. The number of alkyl halides is 3. The Kier molecular flexibility index (Phi) is 6.09. The third-order valence-electron chi connectivity index (χ3n) is 5.11. The van der Waals surface area contributed by atoms with Crippen molar-refractivity contribution in [1.29, 1.82) is 0 Å². The van der Waals surface area contributed by atoms with Gasteiger partial charge in [-0.1, -0.05) is 30.3 Å². The van der Waals surface area contributed by atoms with Crippen molar-refractivity contribution >= 4 is 17.0 Å². The van der Waals surface area contributed by atoms with E-state index in [1.807, 2.05) is 18.3 Å². The van der Waals surface area contributed by atoms with E-state index in [1.165, 1.54) is 5.56 Å². The topological polar surface area (TPSA) is 97.3 Å². The molecule has 0 bridgehead atoms. The molecule has 0 saturated carbocycles. The van der Waals surface area contributed by atoms with Crippen molar-refractivity contribution in [3.63, 3.8) is 0 Å². The van der Waals surface area contributed by atoms with Gasteiger partial charge in [-0.3, -0.25) is 9.88 Å². The molecule has 1 aromatic carbocycles. The maximum absolute atomic E-state index is 10.6. The minimum absolute atomic E-state index is 0.257. The Morgan fingerprint density at radius 3 is 2.53 bits per heavy atom. The molecule has 1 atom stereocenters. The molecule has 3 N–H and O–H groups in total. The van der Waals surface area contributed by atoms with E-state index >= 15 is 0 Å². The largest absolute Gasteiger partial charge is 0.490 e. The van der Waals surface area contributed by atoms with Gasteiger partial charge >= 0.3 is 12.1 Å². The van der Waals surface area contributed by atoms with Crippen LogP contribution < -0.4 is 5.73 Å². The maximum atomic E-state index is 10.6. The highest BCUT2D eigenvalue weighted by molar-refractivity contribution is 5.74. The summed E-state index contributed by atoms with van der Waals surface area (Å²) in [6.07, 6.45) is -0.454. The fourth-order valence-corrected chi connectivity index (χ4v) is 3.48. The zero-order valence-corrected chi connectivity index (χ0v) is 16.3. The smallest absolute Gasteiger partial charge is 0.475 e. The van der Waals surface area contributed by atoms with Crippen LogP contribution in [0.1, 0.15) is 17.8 Å². The van der Waals surface area contributed by atoms with Crippen molar-refractivity contribution in [2.24, 2.45) is 12.8 Å². The summed E-state index contributed by atoms with van der Waals surface area (Å²) in [7, 11) is 2.05. The first-order valence-corrected chi connectivity index (χ1v) is 9.22. The molecule has 1 aliphatic rings. The van der Waals surface area contributed by atoms with Gasteiger partial charge < -0.3 is 15.4 Å². The number of aliphatic carboxylic acids is 1. The standard InChI is InChI=1S/C18H21N5.C2HF3O2/c1-22-16-11-20-9-7-15(16)21-17(22)12-23-10-8-18(19,13-23)14-5-3-2-4-6-14;3-2(4,5)1(6)7/h2-7,9,11H,8,10,12-13,19H2,1H3;(H,6,7). The van der Waals surface area contributed by atoms with Crippen molar-refractivity contribution in [1.82, 2.24) is 19.4 Å².